The lowest BCUT2D eigenvalue weighted by molar-refractivity contribution is 0.0904. The molecule has 1 aromatic rings. The van der Waals surface area contributed by atoms with Crippen LogP contribution in [0.2, 0.25) is 0 Å². The number of nitrogens with one attached hydrogen (secondary N) is 2. The summed E-state index contributed by atoms with van der Waals surface area (Å²) in [5, 5.41) is 3.31. The number of anilines is 1. The summed E-state index contributed by atoms with van der Waals surface area (Å²) in [4.78, 5) is 0.309. The average Bonchev–Trinajstić information content (AvgIpc) is 2.40. The first-order chi connectivity index (χ1) is 9.13. The Balaban J connectivity index is 2.20. The van der Waals surface area contributed by atoms with Gasteiger partial charge in [0.1, 0.15) is 4.90 Å². The van der Waals surface area contributed by atoms with E-state index in [1.54, 1.807) is 25.1 Å². The molecule has 1 fully saturated rings. The third-order valence-corrected chi connectivity index (χ3v) is 4.70. The summed E-state index contributed by atoms with van der Waals surface area (Å²) in [5.74, 6) is 0. The number of ether oxygens (including phenoxy) is 1. The Morgan fingerprint density at radius 3 is 2.63 bits per heavy atom. The molecule has 5 nitrogen and oxygen atoms in total. The van der Waals surface area contributed by atoms with E-state index in [4.69, 9.17) is 4.74 Å². The molecular formula is C13H20N2O3S. The van der Waals surface area contributed by atoms with E-state index < -0.39 is 10.0 Å². The molecule has 0 bridgehead atoms. The number of rotatable bonds is 5. The van der Waals surface area contributed by atoms with Gasteiger partial charge in [-0.25, -0.2) is 13.1 Å². The zero-order valence-electron chi connectivity index (χ0n) is 11.1. The fourth-order valence-electron chi connectivity index (χ4n) is 2.15. The summed E-state index contributed by atoms with van der Waals surface area (Å²) in [5.41, 5.74) is 0.662. The highest BCUT2D eigenvalue weighted by molar-refractivity contribution is 7.89. The van der Waals surface area contributed by atoms with E-state index in [1.165, 1.54) is 0 Å². The second-order valence-corrected chi connectivity index (χ2v) is 6.26. The summed E-state index contributed by atoms with van der Waals surface area (Å²) in [6, 6.07) is 7.28. The van der Waals surface area contributed by atoms with Gasteiger partial charge in [0.25, 0.3) is 0 Å². The molecule has 0 aromatic heterocycles. The third-order valence-electron chi connectivity index (χ3n) is 3.09. The van der Waals surface area contributed by atoms with Gasteiger partial charge in [0, 0.05) is 25.8 Å². The van der Waals surface area contributed by atoms with Crippen LogP contribution in [0, 0.1) is 0 Å². The molecule has 0 aliphatic carbocycles. The highest BCUT2D eigenvalue weighted by atomic mass is 32.2. The average molecular weight is 284 g/mol. The van der Waals surface area contributed by atoms with Gasteiger partial charge in [-0.15, -0.1) is 0 Å². The first-order valence-electron chi connectivity index (χ1n) is 6.56. The molecule has 1 aliphatic heterocycles. The maximum atomic E-state index is 12.1. The standard InChI is InChI=1S/C13H20N2O3S/c1-2-14-19(16,17)13-6-4-3-5-12(13)15-11-7-9-18-10-8-11/h3-6,11,14-15H,2,7-10H2,1H3. The fraction of sp³-hybridized carbons (Fsp3) is 0.538. The van der Waals surface area contributed by atoms with Gasteiger partial charge < -0.3 is 10.1 Å². The van der Waals surface area contributed by atoms with Gasteiger partial charge in [-0.1, -0.05) is 19.1 Å². The van der Waals surface area contributed by atoms with Gasteiger partial charge >= 0.3 is 0 Å². The molecule has 1 heterocycles. The number of hydrogen-bond donors (Lipinski definition) is 2. The Bertz CT molecular complexity index is 510. The van der Waals surface area contributed by atoms with Crippen LogP contribution in [0.5, 0.6) is 0 Å². The van der Waals surface area contributed by atoms with Crippen molar-refractivity contribution in [2.24, 2.45) is 0 Å². The molecule has 19 heavy (non-hydrogen) atoms. The number of para-hydroxylation sites is 1. The molecule has 0 spiro atoms. The summed E-state index contributed by atoms with van der Waals surface area (Å²) >= 11 is 0. The molecule has 1 aliphatic rings. The minimum absolute atomic E-state index is 0.270. The highest BCUT2D eigenvalue weighted by Gasteiger charge is 2.20. The zero-order valence-corrected chi connectivity index (χ0v) is 11.9. The Hall–Kier alpha value is -1.11. The van der Waals surface area contributed by atoms with Crippen LogP contribution in [0.4, 0.5) is 5.69 Å². The van der Waals surface area contributed by atoms with E-state index in [0.29, 0.717) is 17.1 Å². The van der Waals surface area contributed by atoms with Crippen LogP contribution in [0.15, 0.2) is 29.2 Å². The first kappa shape index (κ1) is 14.3. The molecule has 1 aromatic carbocycles. The van der Waals surface area contributed by atoms with Crippen LogP contribution in [-0.4, -0.2) is 34.2 Å². The van der Waals surface area contributed by atoms with Crippen molar-refractivity contribution in [3.05, 3.63) is 24.3 Å². The van der Waals surface area contributed by atoms with Crippen molar-refractivity contribution in [1.82, 2.24) is 4.72 Å². The number of hydrogen-bond acceptors (Lipinski definition) is 4. The van der Waals surface area contributed by atoms with Gasteiger partial charge in [0.2, 0.25) is 10.0 Å². The van der Waals surface area contributed by atoms with E-state index in [9.17, 15) is 8.42 Å². The van der Waals surface area contributed by atoms with E-state index in [-0.39, 0.29) is 6.04 Å². The predicted molar refractivity (Wildman–Crippen MR) is 74.8 cm³/mol. The van der Waals surface area contributed by atoms with Crippen molar-refractivity contribution in [3.8, 4) is 0 Å². The smallest absolute Gasteiger partial charge is 0.242 e. The maximum absolute atomic E-state index is 12.1. The second kappa shape index (κ2) is 6.36. The summed E-state index contributed by atoms with van der Waals surface area (Å²) < 4.78 is 32.1. The largest absolute Gasteiger partial charge is 0.381 e. The summed E-state index contributed by atoms with van der Waals surface area (Å²) in [6.07, 6.45) is 1.80. The van der Waals surface area contributed by atoms with Gasteiger partial charge in [-0.3, -0.25) is 0 Å². The van der Waals surface area contributed by atoms with Crippen LogP contribution in [0.25, 0.3) is 0 Å². The van der Waals surface area contributed by atoms with Gasteiger partial charge in [-0.2, -0.15) is 0 Å². The molecule has 0 unspecified atom stereocenters. The summed E-state index contributed by atoms with van der Waals surface area (Å²) in [7, 11) is -3.44. The van der Waals surface area contributed by atoms with Crippen molar-refractivity contribution in [2.45, 2.75) is 30.7 Å². The summed E-state index contributed by atoms with van der Waals surface area (Å²) in [6.45, 7) is 3.60. The van der Waals surface area contributed by atoms with Crippen LogP contribution < -0.4 is 10.0 Å². The lowest BCUT2D eigenvalue weighted by Crippen LogP contribution is -2.30. The molecule has 2 N–H and O–H groups in total. The van der Waals surface area contributed by atoms with E-state index in [2.05, 4.69) is 10.0 Å². The lowest BCUT2D eigenvalue weighted by atomic mass is 10.1. The van der Waals surface area contributed by atoms with Crippen LogP contribution in [0.3, 0.4) is 0 Å². The Morgan fingerprint density at radius 2 is 1.95 bits per heavy atom. The SMILES string of the molecule is CCNS(=O)(=O)c1ccccc1NC1CCOCC1. The maximum Gasteiger partial charge on any atom is 0.242 e. The zero-order chi connectivity index (χ0) is 13.7. The number of sulfonamides is 1. The predicted octanol–water partition coefficient (Wildman–Crippen LogP) is 1.58. The molecular weight excluding hydrogens is 264 g/mol. The van der Waals surface area contributed by atoms with Crippen molar-refractivity contribution >= 4 is 15.7 Å². The van der Waals surface area contributed by atoms with Crippen LogP contribution >= 0.6 is 0 Å². The molecule has 0 amide bonds. The van der Waals surface area contributed by atoms with Crippen LogP contribution in [0.1, 0.15) is 19.8 Å². The van der Waals surface area contributed by atoms with Gasteiger partial charge in [0.15, 0.2) is 0 Å². The van der Waals surface area contributed by atoms with E-state index in [1.807, 2.05) is 6.07 Å². The molecule has 6 heteroatoms. The topological polar surface area (TPSA) is 67.4 Å². The molecule has 0 radical (unpaired) electrons. The number of benzene rings is 1. The Kier molecular flexibility index (Phi) is 4.79. The molecule has 1 saturated heterocycles. The fourth-order valence-corrected chi connectivity index (χ4v) is 3.36. The van der Waals surface area contributed by atoms with Crippen molar-refractivity contribution < 1.29 is 13.2 Å². The molecule has 2 rings (SSSR count). The third kappa shape index (κ3) is 3.68. The molecule has 106 valence electrons. The van der Waals surface area contributed by atoms with Gasteiger partial charge in [0.05, 0.1) is 5.69 Å². The van der Waals surface area contributed by atoms with E-state index in [0.717, 1.165) is 26.1 Å². The van der Waals surface area contributed by atoms with E-state index >= 15 is 0 Å². The molecule has 0 saturated carbocycles. The monoisotopic (exact) mass is 284 g/mol. The Labute approximate surface area is 114 Å². The molecule has 0 atom stereocenters. The van der Waals surface area contributed by atoms with Crippen molar-refractivity contribution in [2.75, 3.05) is 25.1 Å². The quantitative estimate of drug-likeness (QED) is 0.861. The minimum Gasteiger partial charge on any atom is -0.381 e. The lowest BCUT2D eigenvalue weighted by Gasteiger charge is -2.25. The van der Waals surface area contributed by atoms with Crippen LogP contribution in [-0.2, 0) is 14.8 Å². The van der Waals surface area contributed by atoms with Gasteiger partial charge in [-0.05, 0) is 25.0 Å². The normalized spacial score (nSPS) is 17.3. The minimum atomic E-state index is -3.44. The Morgan fingerprint density at radius 1 is 1.26 bits per heavy atom. The van der Waals surface area contributed by atoms with Crippen molar-refractivity contribution in [1.29, 1.82) is 0 Å². The first-order valence-corrected chi connectivity index (χ1v) is 8.05. The van der Waals surface area contributed by atoms with Crippen molar-refractivity contribution in [3.63, 3.8) is 0 Å². The second-order valence-electron chi connectivity index (χ2n) is 4.53. The highest BCUT2D eigenvalue weighted by Crippen LogP contribution is 2.23.